The first kappa shape index (κ1) is 12.0. The summed E-state index contributed by atoms with van der Waals surface area (Å²) in [5.74, 6) is -0.586. The summed E-state index contributed by atoms with van der Waals surface area (Å²) in [5.41, 5.74) is 0.578. The number of anilines is 1. The summed E-state index contributed by atoms with van der Waals surface area (Å²) in [6.45, 7) is 1.77. The molecule has 2 N–H and O–H groups in total. The van der Waals surface area contributed by atoms with E-state index in [1.807, 2.05) is 0 Å². The summed E-state index contributed by atoms with van der Waals surface area (Å²) < 4.78 is 13.9. The summed E-state index contributed by atoms with van der Waals surface area (Å²) in [4.78, 5) is 10.6. The predicted octanol–water partition coefficient (Wildman–Crippen LogP) is 2.13. The zero-order valence-corrected chi connectivity index (χ0v) is 9.56. The van der Waals surface area contributed by atoms with Crippen LogP contribution in [0.3, 0.4) is 0 Å². The van der Waals surface area contributed by atoms with Gasteiger partial charge >= 0.3 is 5.97 Å². The number of carbonyl (C=O) groups is 1. The van der Waals surface area contributed by atoms with E-state index in [0.29, 0.717) is 11.4 Å². The van der Waals surface area contributed by atoms with Gasteiger partial charge in [0, 0.05) is 5.75 Å². The van der Waals surface area contributed by atoms with Crippen molar-refractivity contribution in [3.63, 3.8) is 0 Å². The largest absolute Gasteiger partial charge is 0.478 e. The molecular weight excluding hydrogens is 238 g/mol. The number of hydrogen-bond acceptors (Lipinski definition) is 2. The molecular formula is C9H10ClNO3S. The van der Waals surface area contributed by atoms with E-state index in [-0.39, 0.29) is 10.6 Å². The molecule has 0 amide bonds. The zero-order valence-electron chi connectivity index (χ0n) is 7.99. The van der Waals surface area contributed by atoms with E-state index >= 15 is 0 Å². The Kier molecular flexibility index (Phi) is 4.11. The lowest BCUT2D eigenvalue weighted by Gasteiger charge is -2.06. The van der Waals surface area contributed by atoms with Gasteiger partial charge in [-0.3, -0.25) is 0 Å². The van der Waals surface area contributed by atoms with Crippen LogP contribution in [0.5, 0.6) is 0 Å². The highest BCUT2D eigenvalue weighted by molar-refractivity contribution is 7.86. The number of carboxylic acids is 1. The van der Waals surface area contributed by atoms with Crippen LogP contribution in [0.4, 0.5) is 5.69 Å². The van der Waals surface area contributed by atoms with Gasteiger partial charge in [-0.15, -0.1) is 0 Å². The molecule has 0 aliphatic rings. The van der Waals surface area contributed by atoms with Crippen LogP contribution in [0, 0.1) is 0 Å². The number of carboxylic acid groups (broad SMARTS) is 1. The van der Waals surface area contributed by atoms with Gasteiger partial charge in [0.05, 0.1) is 16.3 Å². The van der Waals surface area contributed by atoms with Crippen LogP contribution in [0.1, 0.15) is 17.3 Å². The van der Waals surface area contributed by atoms with Crippen molar-refractivity contribution in [3.8, 4) is 0 Å². The Hall–Kier alpha value is -1.07. The molecule has 15 heavy (non-hydrogen) atoms. The quantitative estimate of drug-likeness (QED) is 0.857. The third kappa shape index (κ3) is 3.21. The summed E-state index contributed by atoms with van der Waals surface area (Å²) in [7, 11) is -1.19. The maximum absolute atomic E-state index is 11.2. The van der Waals surface area contributed by atoms with Gasteiger partial charge in [-0.2, -0.15) is 0 Å². The first-order valence-corrected chi connectivity index (χ1v) is 5.92. The summed E-state index contributed by atoms with van der Waals surface area (Å²) >= 11 is 5.81. The van der Waals surface area contributed by atoms with Crippen molar-refractivity contribution in [1.29, 1.82) is 0 Å². The maximum Gasteiger partial charge on any atom is 0.335 e. The number of rotatable bonds is 4. The second-order valence-electron chi connectivity index (χ2n) is 2.74. The molecule has 6 heteroatoms. The molecule has 0 bridgehead atoms. The van der Waals surface area contributed by atoms with Crippen LogP contribution in [0.15, 0.2) is 18.2 Å². The molecule has 0 saturated carbocycles. The highest BCUT2D eigenvalue weighted by Crippen LogP contribution is 2.23. The molecule has 0 aromatic heterocycles. The monoisotopic (exact) mass is 247 g/mol. The van der Waals surface area contributed by atoms with Gasteiger partial charge in [-0.05, 0) is 18.2 Å². The van der Waals surface area contributed by atoms with Gasteiger partial charge in [-0.25, -0.2) is 9.00 Å². The molecule has 0 fully saturated rings. The molecule has 0 aliphatic carbocycles. The Balaban J connectivity index is 2.93. The minimum atomic E-state index is -1.19. The molecule has 1 aromatic carbocycles. The van der Waals surface area contributed by atoms with E-state index in [0.717, 1.165) is 0 Å². The van der Waals surface area contributed by atoms with E-state index in [4.69, 9.17) is 16.7 Å². The number of aromatic carboxylic acids is 1. The van der Waals surface area contributed by atoms with Crippen LogP contribution >= 0.6 is 11.6 Å². The predicted molar refractivity (Wildman–Crippen MR) is 60.7 cm³/mol. The van der Waals surface area contributed by atoms with Crippen molar-refractivity contribution in [2.75, 3.05) is 10.5 Å². The highest BCUT2D eigenvalue weighted by atomic mass is 35.5. The lowest BCUT2D eigenvalue weighted by Crippen LogP contribution is -2.07. The van der Waals surface area contributed by atoms with Crippen LogP contribution in [-0.2, 0) is 11.0 Å². The van der Waals surface area contributed by atoms with Crippen molar-refractivity contribution in [2.24, 2.45) is 0 Å². The van der Waals surface area contributed by atoms with E-state index in [9.17, 15) is 9.00 Å². The SMILES string of the molecule is CCS(=O)Nc1ccc(C(=O)O)cc1Cl. The number of nitrogens with one attached hydrogen (secondary N) is 1. The van der Waals surface area contributed by atoms with E-state index < -0.39 is 17.0 Å². The fourth-order valence-electron chi connectivity index (χ4n) is 0.926. The second kappa shape index (κ2) is 5.14. The third-order valence-electron chi connectivity index (χ3n) is 1.70. The highest BCUT2D eigenvalue weighted by Gasteiger charge is 2.07. The minimum absolute atomic E-state index is 0.104. The Morgan fingerprint density at radius 3 is 2.73 bits per heavy atom. The number of halogens is 1. The lowest BCUT2D eigenvalue weighted by molar-refractivity contribution is 0.0697. The smallest absolute Gasteiger partial charge is 0.335 e. The molecule has 0 saturated heterocycles. The molecule has 4 nitrogen and oxygen atoms in total. The fraction of sp³-hybridized carbons (Fsp3) is 0.222. The zero-order chi connectivity index (χ0) is 11.4. The van der Waals surface area contributed by atoms with Crippen molar-refractivity contribution < 1.29 is 14.1 Å². The molecule has 1 unspecified atom stereocenters. The maximum atomic E-state index is 11.2. The topological polar surface area (TPSA) is 66.4 Å². The third-order valence-corrected chi connectivity index (χ3v) is 2.99. The lowest BCUT2D eigenvalue weighted by atomic mass is 10.2. The van der Waals surface area contributed by atoms with Crippen molar-refractivity contribution in [2.45, 2.75) is 6.92 Å². The first-order chi connectivity index (χ1) is 7.04. The molecule has 0 aliphatic heterocycles. The van der Waals surface area contributed by atoms with Crippen LogP contribution < -0.4 is 4.72 Å². The molecule has 1 rings (SSSR count). The van der Waals surface area contributed by atoms with E-state index in [1.165, 1.54) is 18.2 Å². The van der Waals surface area contributed by atoms with Crippen molar-refractivity contribution in [3.05, 3.63) is 28.8 Å². The van der Waals surface area contributed by atoms with Crippen LogP contribution in [0.25, 0.3) is 0 Å². The second-order valence-corrected chi connectivity index (χ2v) is 4.62. The molecule has 1 aromatic rings. The van der Waals surface area contributed by atoms with Crippen LogP contribution in [0.2, 0.25) is 5.02 Å². The average Bonchev–Trinajstić information content (AvgIpc) is 2.20. The van der Waals surface area contributed by atoms with Crippen LogP contribution in [-0.4, -0.2) is 21.0 Å². The Morgan fingerprint density at radius 2 is 2.27 bits per heavy atom. The number of hydrogen-bond donors (Lipinski definition) is 2. The molecule has 0 spiro atoms. The first-order valence-electron chi connectivity index (χ1n) is 4.22. The molecule has 0 heterocycles. The van der Waals surface area contributed by atoms with E-state index in [2.05, 4.69) is 4.72 Å². The fourth-order valence-corrected chi connectivity index (χ4v) is 1.78. The standard InChI is InChI=1S/C9H10ClNO3S/c1-2-15(14)11-8-4-3-6(9(12)13)5-7(8)10/h3-5,11H,2H2,1H3,(H,12,13). The molecule has 0 radical (unpaired) electrons. The van der Waals surface area contributed by atoms with Gasteiger partial charge < -0.3 is 9.83 Å². The minimum Gasteiger partial charge on any atom is -0.478 e. The average molecular weight is 248 g/mol. The van der Waals surface area contributed by atoms with Gasteiger partial charge in [0.2, 0.25) is 0 Å². The molecule has 82 valence electrons. The Labute approximate surface area is 94.8 Å². The van der Waals surface area contributed by atoms with Crippen molar-refractivity contribution >= 4 is 34.2 Å². The normalized spacial score (nSPS) is 12.1. The van der Waals surface area contributed by atoms with Gasteiger partial charge in [0.25, 0.3) is 0 Å². The summed E-state index contributed by atoms with van der Waals surface area (Å²) in [6, 6.07) is 4.22. The summed E-state index contributed by atoms with van der Waals surface area (Å²) in [5, 5.41) is 8.94. The Morgan fingerprint density at radius 1 is 1.60 bits per heavy atom. The van der Waals surface area contributed by atoms with Gasteiger partial charge in [-0.1, -0.05) is 18.5 Å². The summed E-state index contributed by atoms with van der Waals surface area (Å²) in [6.07, 6.45) is 0. The van der Waals surface area contributed by atoms with Crippen molar-refractivity contribution in [1.82, 2.24) is 0 Å². The van der Waals surface area contributed by atoms with E-state index in [1.54, 1.807) is 6.92 Å². The van der Waals surface area contributed by atoms with Gasteiger partial charge in [0.15, 0.2) is 0 Å². The van der Waals surface area contributed by atoms with Gasteiger partial charge in [0.1, 0.15) is 11.0 Å². The number of benzene rings is 1. The Bertz CT molecular complexity index is 408. The molecule has 1 atom stereocenters.